The summed E-state index contributed by atoms with van der Waals surface area (Å²) in [6.07, 6.45) is 0.740. The summed E-state index contributed by atoms with van der Waals surface area (Å²) in [5.41, 5.74) is 0.906. The van der Waals surface area contributed by atoms with Crippen molar-refractivity contribution in [3.8, 4) is 0 Å². The maximum absolute atomic E-state index is 12.7. The molecule has 0 radical (unpaired) electrons. The Morgan fingerprint density at radius 2 is 2.09 bits per heavy atom. The SMILES string of the molecule is CCc1nn2c(S(=O)(=O)Nc3ccccc3Br)c(C)nc2s1. The van der Waals surface area contributed by atoms with Gasteiger partial charge in [0.25, 0.3) is 10.0 Å². The number of fused-ring (bicyclic) bond motifs is 1. The maximum atomic E-state index is 12.7. The molecule has 3 aromatic rings. The molecule has 116 valence electrons. The third kappa shape index (κ3) is 2.64. The van der Waals surface area contributed by atoms with Crippen LogP contribution in [0.25, 0.3) is 4.96 Å². The molecule has 1 N–H and O–H groups in total. The molecule has 0 fully saturated rings. The number of nitrogens with zero attached hydrogens (tertiary/aromatic N) is 3. The number of para-hydroxylation sites is 1. The van der Waals surface area contributed by atoms with Gasteiger partial charge in [-0.2, -0.15) is 18.0 Å². The average molecular weight is 401 g/mol. The zero-order chi connectivity index (χ0) is 15.9. The van der Waals surface area contributed by atoms with Crippen molar-refractivity contribution < 1.29 is 8.42 Å². The molecule has 2 heterocycles. The fourth-order valence-electron chi connectivity index (χ4n) is 2.06. The molecular weight excluding hydrogens is 388 g/mol. The lowest BCUT2D eigenvalue weighted by Crippen LogP contribution is -2.17. The molecule has 0 aliphatic heterocycles. The second-order valence-electron chi connectivity index (χ2n) is 4.63. The van der Waals surface area contributed by atoms with E-state index in [1.54, 1.807) is 25.1 Å². The largest absolute Gasteiger partial charge is 0.281 e. The minimum Gasteiger partial charge on any atom is -0.277 e. The lowest BCUT2D eigenvalue weighted by Gasteiger charge is -2.09. The summed E-state index contributed by atoms with van der Waals surface area (Å²) in [5, 5.41) is 5.25. The fourth-order valence-corrected chi connectivity index (χ4v) is 4.86. The molecule has 2 aromatic heterocycles. The molecule has 9 heteroatoms. The van der Waals surface area contributed by atoms with Crippen LogP contribution in [0.1, 0.15) is 17.6 Å². The van der Waals surface area contributed by atoms with E-state index in [2.05, 4.69) is 30.7 Å². The molecule has 0 saturated heterocycles. The van der Waals surface area contributed by atoms with Crippen molar-refractivity contribution in [3.63, 3.8) is 0 Å². The highest BCUT2D eigenvalue weighted by Gasteiger charge is 2.26. The number of aromatic nitrogens is 3. The van der Waals surface area contributed by atoms with Gasteiger partial charge in [-0.05, 0) is 41.4 Å². The van der Waals surface area contributed by atoms with Crippen LogP contribution in [-0.2, 0) is 16.4 Å². The molecule has 0 bridgehead atoms. The minimum absolute atomic E-state index is 0.0780. The van der Waals surface area contributed by atoms with E-state index < -0.39 is 10.0 Å². The van der Waals surface area contributed by atoms with Crippen molar-refractivity contribution in [3.05, 3.63) is 39.4 Å². The molecule has 0 unspecified atom stereocenters. The van der Waals surface area contributed by atoms with E-state index in [9.17, 15) is 8.42 Å². The van der Waals surface area contributed by atoms with Gasteiger partial charge in [-0.25, -0.2) is 4.98 Å². The van der Waals surface area contributed by atoms with Gasteiger partial charge in [0, 0.05) is 4.47 Å². The number of hydrogen-bond donors (Lipinski definition) is 1. The van der Waals surface area contributed by atoms with Gasteiger partial charge in [0.2, 0.25) is 9.99 Å². The van der Waals surface area contributed by atoms with E-state index in [0.29, 0.717) is 20.8 Å². The van der Waals surface area contributed by atoms with Crippen LogP contribution < -0.4 is 4.72 Å². The summed E-state index contributed by atoms with van der Waals surface area (Å²) >= 11 is 4.73. The number of hydrogen-bond acceptors (Lipinski definition) is 5. The number of nitrogens with one attached hydrogen (secondary N) is 1. The first-order valence-corrected chi connectivity index (χ1v) is 9.64. The number of halogens is 1. The van der Waals surface area contributed by atoms with E-state index in [4.69, 9.17) is 0 Å². The van der Waals surface area contributed by atoms with Crippen molar-refractivity contribution in [2.45, 2.75) is 25.3 Å². The van der Waals surface area contributed by atoms with Crippen LogP contribution in [0.4, 0.5) is 5.69 Å². The Balaban J connectivity index is 2.11. The van der Waals surface area contributed by atoms with Crippen molar-refractivity contribution >= 4 is 47.9 Å². The lowest BCUT2D eigenvalue weighted by molar-refractivity contribution is 0.592. The van der Waals surface area contributed by atoms with Gasteiger partial charge in [0.15, 0.2) is 0 Å². The Kier molecular flexibility index (Phi) is 3.96. The summed E-state index contributed by atoms with van der Waals surface area (Å²) in [6, 6.07) is 7.04. The predicted molar refractivity (Wildman–Crippen MR) is 89.9 cm³/mol. The quantitative estimate of drug-likeness (QED) is 0.728. The minimum atomic E-state index is -3.78. The van der Waals surface area contributed by atoms with E-state index in [1.807, 2.05) is 13.0 Å². The van der Waals surface area contributed by atoms with Crippen molar-refractivity contribution in [1.82, 2.24) is 14.6 Å². The van der Waals surface area contributed by atoms with Crippen molar-refractivity contribution in [2.24, 2.45) is 0 Å². The standard InChI is InChI=1S/C13H13BrN4O2S2/c1-3-11-16-18-12(8(2)15-13(18)21-11)22(19,20)17-10-7-5-4-6-9(10)14/h4-7,17H,3H2,1-2H3. The first-order chi connectivity index (χ1) is 10.4. The predicted octanol–water partition coefficient (Wildman–Crippen LogP) is 3.22. The van der Waals surface area contributed by atoms with Crippen molar-refractivity contribution in [1.29, 1.82) is 0 Å². The topological polar surface area (TPSA) is 76.4 Å². The first kappa shape index (κ1) is 15.4. The number of sulfonamides is 1. The summed E-state index contributed by atoms with van der Waals surface area (Å²) in [4.78, 5) is 4.89. The van der Waals surface area contributed by atoms with Crippen LogP contribution in [-0.4, -0.2) is 23.0 Å². The van der Waals surface area contributed by atoms with Gasteiger partial charge in [0.05, 0.1) is 11.4 Å². The zero-order valence-corrected chi connectivity index (χ0v) is 15.1. The third-order valence-electron chi connectivity index (χ3n) is 3.04. The number of imidazole rings is 1. The Bertz CT molecular complexity index is 946. The molecule has 0 aliphatic carbocycles. The molecule has 6 nitrogen and oxygen atoms in total. The number of benzene rings is 1. The zero-order valence-electron chi connectivity index (χ0n) is 11.9. The van der Waals surface area contributed by atoms with E-state index >= 15 is 0 Å². The van der Waals surface area contributed by atoms with E-state index in [0.717, 1.165) is 11.4 Å². The van der Waals surface area contributed by atoms with Crippen LogP contribution >= 0.6 is 27.3 Å². The van der Waals surface area contributed by atoms with Gasteiger partial charge in [-0.1, -0.05) is 30.4 Å². The highest BCUT2D eigenvalue weighted by atomic mass is 79.9. The van der Waals surface area contributed by atoms with Crippen molar-refractivity contribution in [2.75, 3.05) is 4.72 Å². The van der Waals surface area contributed by atoms with Crippen LogP contribution in [0, 0.1) is 6.92 Å². The molecule has 0 saturated carbocycles. The summed E-state index contributed by atoms with van der Waals surface area (Å²) in [6.45, 7) is 3.64. The third-order valence-corrected chi connectivity index (χ3v) is 6.25. The fraction of sp³-hybridized carbons (Fsp3) is 0.231. The number of anilines is 1. The molecule has 0 aliphatic rings. The van der Waals surface area contributed by atoms with Gasteiger partial charge in [0.1, 0.15) is 5.01 Å². The smallest absolute Gasteiger partial charge is 0.277 e. The Labute approximate surface area is 140 Å². The molecule has 1 aromatic carbocycles. The number of rotatable bonds is 4. The highest BCUT2D eigenvalue weighted by molar-refractivity contribution is 9.10. The van der Waals surface area contributed by atoms with Crippen LogP contribution in [0.5, 0.6) is 0 Å². The van der Waals surface area contributed by atoms with Crippen LogP contribution in [0.15, 0.2) is 33.8 Å². The second kappa shape index (κ2) is 5.64. The van der Waals surface area contributed by atoms with Gasteiger partial charge in [-0.15, -0.1) is 0 Å². The molecule has 0 atom stereocenters. The normalized spacial score (nSPS) is 12.0. The van der Waals surface area contributed by atoms with E-state index in [1.165, 1.54) is 15.9 Å². The Hall–Kier alpha value is -1.45. The van der Waals surface area contributed by atoms with Gasteiger partial charge >= 0.3 is 0 Å². The Morgan fingerprint density at radius 3 is 2.77 bits per heavy atom. The molecular formula is C13H13BrN4O2S2. The molecule has 0 spiro atoms. The summed E-state index contributed by atoms with van der Waals surface area (Å²) in [7, 11) is -3.78. The van der Waals surface area contributed by atoms with E-state index in [-0.39, 0.29) is 5.03 Å². The average Bonchev–Trinajstić information content (AvgIpc) is 2.96. The summed E-state index contributed by atoms with van der Waals surface area (Å²) in [5.74, 6) is 0. The lowest BCUT2D eigenvalue weighted by atomic mass is 10.3. The van der Waals surface area contributed by atoms with Gasteiger partial charge in [-0.3, -0.25) is 4.72 Å². The van der Waals surface area contributed by atoms with Crippen LogP contribution in [0.2, 0.25) is 0 Å². The Morgan fingerprint density at radius 1 is 1.36 bits per heavy atom. The number of aryl methyl sites for hydroxylation is 2. The monoisotopic (exact) mass is 400 g/mol. The van der Waals surface area contributed by atoms with Crippen LogP contribution in [0.3, 0.4) is 0 Å². The highest BCUT2D eigenvalue weighted by Crippen LogP contribution is 2.27. The maximum Gasteiger partial charge on any atom is 0.281 e. The molecule has 0 amide bonds. The summed E-state index contributed by atoms with van der Waals surface area (Å²) < 4.78 is 30.1. The van der Waals surface area contributed by atoms with Gasteiger partial charge < -0.3 is 0 Å². The second-order valence-corrected chi connectivity index (χ2v) is 8.12. The first-order valence-electron chi connectivity index (χ1n) is 6.54. The molecule has 22 heavy (non-hydrogen) atoms. The molecule has 3 rings (SSSR count).